The van der Waals surface area contributed by atoms with Gasteiger partial charge in [-0.1, -0.05) is 29.8 Å². The van der Waals surface area contributed by atoms with Gasteiger partial charge >= 0.3 is 0 Å². The van der Waals surface area contributed by atoms with E-state index in [1.54, 1.807) is 6.07 Å². The lowest BCUT2D eigenvalue weighted by atomic mass is 10.1. The maximum Gasteiger partial charge on any atom is 0.264 e. The van der Waals surface area contributed by atoms with Gasteiger partial charge in [0.15, 0.2) is 5.17 Å². The Morgan fingerprint density at radius 2 is 2.04 bits per heavy atom. The van der Waals surface area contributed by atoms with Crippen LogP contribution >= 0.6 is 23.4 Å². The van der Waals surface area contributed by atoms with Crippen LogP contribution in [-0.4, -0.2) is 15.6 Å². The number of amidine groups is 1. The third-order valence-corrected chi connectivity index (χ3v) is 5.39. The van der Waals surface area contributed by atoms with Crippen molar-refractivity contribution in [2.24, 2.45) is 12.0 Å². The fourth-order valence-electron chi connectivity index (χ4n) is 2.96. The number of amides is 1. The van der Waals surface area contributed by atoms with E-state index in [0.717, 1.165) is 27.7 Å². The molecule has 1 aromatic heterocycles. The molecule has 130 valence electrons. The van der Waals surface area contributed by atoms with Crippen molar-refractivity contribution in [2.75, 3.05) is 0 Å². The lowest BCUT2D eigenvalue weighted by Crippen LogP contribution is -2.19. The number of aryl methyl sites for hydroxylation is 2. The van der Waals surface area contributed by atoms with Gasteiger partial charge in [0, 0.05) is 34.7 Å². The molecular weight excluding hydrogens is 366 g/mol. The predicted octanol–water partition coefficient (Wildman–Crippen LogP) is 5.03. The van der Waals surface area contributed by atoms with Crippen LogP contribution in [0, 0.1) is 6.92 Å². The van der Waals surface area contributed by atoms with Crippen molar-refractivity contribution in [3.05, 3.63) is 69.7 Å². The van der Waals surface area contributed by atoms with Gasteiger partial charge in [0.05, 0.1) is 10.6 Å². The first-order valence-corrected chi connectivity index (χ1v) is 9.30. The molecule has 0 spiro atoms. The number of halogens is 1. The van der Waals surface area contributed by atoms with Crippen LogP contribution in [0.3, 0.4) is 0 Å². The number of carbonyl (C=O) groups excluding carboxylic acids is 1. The molecule has 0 aliphatic carbocycles. The number of carbonyl (C=O) groups is 1. The second-order valence-electron chi connectivity index (χ2n) is 6.13. The molecule has 1 fully saturated rings. The van der Waals surface area contributed by atoms with E-state index in [2.05, 4.69) is 27.0 Å². The van der Waals surface area contributed by atoms with E-state index in [0.29, 0.717) is 15.1 Å². The number of rotatable bonds is 2. The third kappa shape index (κ3) is 3.16. The molecule has 4 nitrogen and oxygen atoms in total. The molecule has 0 atom stereocenters. The maximum atomic E-state index is 12.4. The van der Waals surface area contributed by atoms with Crippen molar-refractivity contribution in [1.82, 2.24) is 9.88 Å². The number of para-hydroxylation sites is 1. The minimum Gasteiger partial charge on any atom is -0.350 e. The van der Waals surface area contributed by atoms with E-state index in [1.165, 1.54) is 11.8 Å². The Kier molecular flexibility index (Phi) is 4.34. The van der Waals surface area contributed by atoms with E-state index in [4.69, 9.17) is 11.6 Å². The summed E-state index contributed by atoms with van der Waals surface area (Å²) in [6, 6.07) is 13.6. The van der Waals surface area contributed by atoms with E-state index in [1.807, 2.05) is 50.5 Å². The number of hydrogen-bond donors (Lipinski definition) is 1. The van der Waals surface area contributed by atoms with Gasteiger partial charge in [0.1, 0.15) is 0 Å². The highest BCUT2D eigenvalue weighted by Gasteiger charge is 2.24. The summed E-state index contributed by atoms with van der Waals surface area (Å²) in [5.74, 6) is -0.131. The zero-order valence-electron chi connectivity index (χ0n) is 14.3. The first-order valence-electron chi connectivity index (χ1n) is 8.11. The van der Waals surface area contributed by atoms with E-state index >= 15 is 0 Å². The SMILES string of the molecule is Cc1cc(Cl)ccc1N=C1NC(=O)/C(=C/c2cn(C)c3ccccc23)S1. The minimum absolute atomic E-state index is 0.131. The van der Waals surface area contributed by atoms with Gasteiger partial charge in [-0.15, -0.1) is 0 Å². The van der Waals surface area contributed by atoms with Crippen molar-refractivity contribution in [3.8, 4) is 0 Å². The van der Waals surface area contributed by atoms with Crippen molar-refractivity contribution in [1.29, 1.82) is 0 Å². The van der Waals surface area contributed by atoms with Crippen LogP contribution in [0.15, 0.2) is 58.6 Å². The number of aromatic nitrogens is 1. The third-order valence-electron chi connectivity index (χ3n) is 4.25. The monoisotopic (exact) mass is 381 g/mol. The van der Waals surface area contributed by atoms with Crippen LogP contribution in [0.1, 0.15) is 11.1 Å². The second-order valence-corrected chi connectivity index (χ2v) is 7.59. The van der Waals surface area contributed by atoms with Crippen molar-refractivity contribution in [3.63, 3.8) is 0 Å². The fraction of sp³-hybridized carbons (Fsp3) is 0.100. The molecule has 0 bridgehead atoms. The molecule has 1 aliphatic heterocycles. The zero-order chi connectivity index (χ0) is 18.3. The topological polar surface area (TPSA) is 46.4 Å². The normalized spacial score (nSPS) is 17.4. The summed E-state index contributed by atoms with van der Waals surface area (Å²) in [7, 11) is 2.00. The average molecular weight is 382 g/mol. The van der Waals surface area contributed by atoms with Crippen LogP contribution in [0.5, 0.6) is 0 Å². The molecular formula is C20H16ClN3OS. The van der Waals surface area contributed by atoms with Crippen LogP contribution in [0.4, 0.5) is 5.69 Å². The number of nitrogens with one attached hydrogen (secondary N) is 1. The van der Waals surface area contributed by atoms with Gasteiger partial charge in [-0.2, -0.15) is 0 Å². The van der Waals surface area contributed by atoms with E-state index in [-0.39, 0.29) is 5.91 Å². The van der Waals surface area contributed by atoms with Gasteiger partial charge < -0.3 is 9.88 Å². The van der Waals surface area contributed by atoms with Crippen molar-refractivity contribution >= 4 is 57.1 Å². The molecule has 0 saturated carbocycles. The molecule has 1 saturated heterocycles. The molecule has 1 N–H and O–H groups in total. The molecule has 2 aromatic carbocycles. The highest BCUT2D eigenvalue weighted by molar-refractivity contribution is 8.18. The first kappa shape index (κ1) is 16.9. The van der Waals surface area contributed by atoms with Crippen LogP contribution in [0.2, 0.25) is 5.02 Å². The number of fused-ring (bicyclic) bond motifs is 1. The van der Waals surface area contributed by atoms with Gasteiger partial charge in [-0.25, -0.2) is 4.99 Å². The van der Waals surface area contributed by atoms with Gasteiger partial charge in [0.25, 0.3) is 5.91 Å². The Hall–Kier alpha value is -2.50. The minimum atomic E-state index is -0.131. The highest BCUT2D eigenvalue weighted by atomic mass is 35.5. The van der Waals surface area contributed by atoms with Crippen LogP contribution < -0.4 is 5.32 Å². The molecule has 4 rings (SSSR count). The second kappa shape index (κ2) is 6.67. The van der Waals surface area contributed by atoms with Crippen LogP contribution in [-0.2, 0) is 11.8 Å². The lowest BCUT2D eigenvalue weighted by molar-refractivity contribution is -0.115. The summed E-state index contributed by atoms with van der Waals surface area (Å²) < 4.78 is 2.06. The molecule has 2 heterocycles. The first-order chi connectivity index (χ1) is 12.5. The van der Waals surface area contributed by atoms with Gasteiger partial charge in [-0.3, -0.25) is 4.79 Å². The summed E-state index contributed by atoms with van der Waals surface area (Å²) in [4.78, 5) is 17.5. The molecule has 6 heteroatoms. The molecule has 1 amide bonds. The van der Waals surface area contributed by atoms with Crippen molar-refractivity contribution in [2.45, 2.75) is 6.92 Å². The molecule has 26 heavy (non-hydrogen) atoms. The quantitative estimate of drug-likeness (QED) is 0.632. The number of thioether (sulfide) groups is 1. The summed E-state index contributed by atoms with van der Waals surface area (Å²) in [5, 5.41) is 5.20. The number of benzene rings is 2. The van der Waals surface area contributed by atoms with Crippen LogP contribution in [0.25, 0.3) is 17.0 Å². The number of nitrogens with zero attached hydrogens (tertiary/aromatic N) is 2. The largest absolute Gasteiger partial charge is 0.350 e. The standard InChI is InChI=1S/C20H16ClN3OS/c1-12-9-14(21)7-8-16(12)22-20-23-19(25)18(26-20)10-13-11-24(2)17-6-4-3-5-15(13)17/h3-11H,1-2H3,(H,22,23,25)/b18-10-. The Bertz CT molecular complexity index is 1100. The Labute approximate surface area is 160 Å². The molecule has 0 unspecified atom stereocenters. The lowest BCUT2D eigenvalue weighted by Gasteiger charge is -2.01. The molecule has 3 aromatic rings. The summed E-state index contributed by atoms with van der Waals surface area (Å²) in [6.45, 7) is 1.94. The van der Waals surface area contributed by atoms with Gasteiger partial charge in [-0.05, 0) is 54.6 Å². The van der Waals surface area contributed by atoms with E-state index < -0.39 is 0 Å². The Balaban J connectivity index is 1.67. The highest BCUT2D eigenvalue weighted by Crippen LogP contribution is 2.31. The Morgan fingerprint density at radius 3 is 2.85 bits per heavy atom. The van der Waals surface area contributed by atoms with E-state index in [9.17, 15) is 4.79 Å². The average Bonchev–Trinajstić information content (AvgIpc) is 3.11. The smallest absolute Gasteiger partial charge is 0.264 e. The number of hydrogen-bond acceptors (Lipinski definition) is 3. The summed E-state index contributed by atoms with van der Waals surface area (Å²) in [5.41, 5.74) is 3.91. The Morgan fingerprint density at radius 1 is 1.23 bits per heavy atom. The number of aliphatic imine (C=N–C) groups is 1. The zero-order valence-corrected chi connectivity index (χ0v) is 15.9. The maximum absolute atomic E-state index is 12.4. The fourth-order valence-corrected chi connectivity index (χ4v) is 4.02. The van der Waals surface area contributed by atoms with Gasteiger partial charge in [0.2, 0.25) is 0 Å². The predicted molar refractivity (Wildman–Crippen MR) is 110 cm³/mol. The summed E-state index contributed by atoms with van der Waals surface area (Å²) >= 11 is 7.33. The molecule has 0 radical (unpaired) electrons. The summed E-state index contributed by atoms with van der Waals surface area (Å²) in [6.07, 6.45) is 3.95. The molecule has 1 aliphatic rings. The van der Waals surface area contributed by atoms with Crippen molar-refractivity contribution < 1.29 is 4.79 Å².